The molecule has 1 aromatic carbocycles. The van der Waals surface area contributed by atoms with Crippen LogP contribution in [0.15, 0.2) is 35.4 Å². The molecule has 0 fully saturated rings. The minimum Gasteiger partial charge on any atom is -0.304 e. The van der Waals surface area contributed by atoms with E-state index in [1.165, 1.54) is 29.7 Å². The first-order chi connectivity index (χ1) is 10.2. The third kappa shape index (κ3) is 4.87. The van der Waals surface area contributed by atoms with Crippen molar-refractivity contribution in [1.82, 2.24) is 9.88 Å². The molecule has 0 radical (unpaired) electrons. The predicted molar refractivity (Wildman–Crippen MR) is 94.5 cm³/mol. The zero-order valence-electron chi connectivity index (χ0n) is 12.8. The number of thioether (sulfide) groups is 1. The highest BCUT2D eigenvalue weighted by Crippen LogP contribution is 2.28. The first kappa shape index (κ1) is 16.6. The first-order valence-electron chi connectivity index (χ1n) is 7.64. The van der Waals surface area contributed by atoms with E-state index in [-0.39, 0.29) is 0 Å². The van der Waals surface area contributed by atoms with Crippen molar-refractivity contribution in [2.45, 2.75) is 31.6 Å². The van der Waals surface area contributed by atoms with Crippen LogP contribution in [0.1, 0.15) is 26.7 Å². The Bertz CT molecular complexity index is 570. The topological polar surface area (TPSA) is 16.1 Å². The van der Waals surface area contributed by atoms with Crippen LogP contribution in [0.5, 0.6) is 0 Å². The summed E-state index contributed by atoms with van der Waals surface area (Å²) in [6, 6.07) is 8.05. The van der Waals surface area contributed by atoms with Crippen LogP contribution < -0.4 is 0 Å². The molecule has 0 bridgehead atoms. The summed E-state index contributed by atoms with van der Waals surface area (Å²) in [5.41, 5.74) is 0.982. The van der Waals surface area contributed by atoms with Crippen LogP contribution >= 0.6 is 23.4 Å². The highest BCUT2D eigenvalue weighted by atomic mass is 35.5. The maximum absolute atomic E-state index is 6.02. The number of unbranched alkanes of at least 4 members (excludes halogenated alkanes) is 1. The second-order valence-corrected chi connectivity index (χ2v) is 6.63. The highest BCUT2D eigenvalue weighted by molar-refractivity contribution is 7.99. The summed E-state index contributed by atoms with van der Waals surface area (Å²) in [7, 11) is 0. The molecule has 0 amide bonds. The van der Waals surface area contributed by atoms with Gasteiger partial charge in [0, 0.05) is 21.5 Å². The molecule has 2 nitrogen and oxygen atoms in total. The summed E-state index contributed by atoms with van der Waals surface area (Å²) < 4.78 is 0. The molecule has 2 rings (SSSR count). The van der Waals surface area contributed by atoms with E-state index in [0.717, 1.165) is 29.4 Å². The molecule has 0 aliphatic carbocycles. The first-order valence-corrected chi connectivity index (χ1v) is 9.00. The summed E-state index contributed by atoms with van der Waals surface area (Å²) in [6.07, 6.45) is 4.39. The third-order valence-corrected chi connectivity index (χ3v) is 5.08. The van der Waals surface area contributed by atoms with Gasteiger partial charge < -0.3 is 4.90 Å². The molecular weight excluding hydrogens is 300 g/mol. The SMILES string of the molecule is CCN(CC)CCCCSc1ccnc2cc(Cl)ccc12. The van der Waals surface area contributed by atoms with Gasteiger partial charge in [-0.2, -0.15) is 0 Å². The van der Waals surface area contributed by atoms with Gasteiger partial charge in [0.25, 0.3) is 0 Å². The molecule has 21 heavy (non-hydrogen) atoms. The summed E-state index contributed by atoms with van der Waals surface area (Å²) in [5, 5.41) is 1.95. The van der Waals surface area contributed by atoms with E-state index in [9.17, 15) is 0 Å². The molecule has 1 heterocycles. The minimum atomic E-state index is 0.747. The van der Waals surface area contributed by atoms with Crippen molar-refractivity contribution in [2.75, 3.05) is 25.4 Å². The number of halogens is 1. The lowest BCUT2D eigenvalue weighted by Gasteiger charge is -2.17. The largest absolute Gasteiger partial charge is 0.304 e. The Hall–Kier alpha value is -0.770. The lowest BCUT2D eigenvalue weighted by molar-refractivity contribution is 0.299. The number of pyridine rings is 1. The van der Waals surface area contributed by atoms with Crippen molar-refractivity contribution in [3.8, 4) is 0 Å². The number of aromatic nitrogens is 1. The van der Waals surface area contributed by atoms with Crippen LogP contribution in [0.3, 0.4) is 0 Å². The van der Waals surface area contributed by atoms with Crippen molar-refractivity contribution in [3.05, 3.63) is 35.5 Å². The van der Waals surface area contributed by atoms with Crippen molar-refractivity contribution >= 4 is 34.3 Å². The molecule has 0 unspecified atom stereocenters. The Morgan fingerprint density at radius 3 is 2.71 bits per heavy atom. The maximum Gasteiger partial charge on any atom is 0.0728 e. The van der Waals surface area contributed by atoms with Crippen LogP contribution in [0.4, 0.5) is 0 Å². The number of fused-ring (bicyclic) bond motifs is 1. The van der Waals surface area contributed by atoms with Gasteiger partial charge in [-0.15, -0.1) is 11.8 Å². The lowest BCUT2D eigenvalue weighted by atomic mass is 10.2. The Morgan fingerprint density at radius 1 is 1.14 bits per heavy atom. The molecule has 0 atom stereocenters. The van der Waals surface area contributed by atoms with Crippen molar-refractivity contribution in [3.63, 3.8) is 0 Å². The summed E-state index contributed by atoms with van der Waals surface area (Å²) in [4.78, 5) is 8.17. The monoisotopic (exact) mass is 322 g/mol. The fraction of sp³-hybridized carbons (Fsp3) is 0.471. The van der Waals surface area contributed by atoms with Gasteiger partial charge >= 0.3 is 0 Å². The number of hydrogen-bond donors (Lipinski definition) is 0. The lowest BCUT2D eigenvalue weighted by Crippen LogP contribution is -2.23. The average molecular weight is 323 g/mol. The Morgan fingerprint density at radius 2 is 1.95 bits per heavy atom. The Labute approximate surface area is 136 Å². The molecule has 114 valence electrons. The van der Waals surface area contributed by atoms with Gasteiger partial charge in [-0.3, -0.25) is 4.98 Å². The fourth-order valence-corrected chi connectivity index (χ4v) is 3.60. The second kappa shape index (κ2) is 8.62. The van der Waals surface area contributed by atoms with E-state index in [2.05, 4.69) is 35.9 Å². The van der Waals surface area contributed by atoms with Crippen LogP contribution in [-0.4, -0.2) is 35.3 Å². The average Bonchev–Trinajstić information content (AvgIpc) is 2.50. The number of benzene rings is 1. The zero-order chi connectivity index (χ0) is 15.1. The van der Waals surface area contributed by atoms with Crippen molar-refractivity contribution in [1.29, 1.82) is 0 Å². The number of hydrogen-bond acceptors (Lipinski definition) is 3. The molecular formula is C17H23ClN2S. The van der Waals surface area contributed by atoms with Gasteiger partial charge in [0.05, 0.1) is 5.52 Å². The fourth-order valence-electron chi connectivity index (χ4n) is 2.38. The number of nitrogens with zero attached hydrogens (tertiary/aromatic N) is 2. The van der Waals surface area contributed by atoms with E-state index >= 15 is 0 Å². The normalized spacial score (nSPS) is 11.4. The molecule has 0 saturated carbocycles. The Balaban J connectivity index is 1.86. The maximum atomic E-state index is 6.02. The van der Waals surface area contributed by atoms with E-state index in [4.69, 9.17) is 11.6 Å². The van der Waals surface area contributed by atoms with E-state index < -0.39 is 0 Å². The molecule has 0 N–H and O–H groups in total. The molecule has 1 aromatic heterocycles. The third-order valence-electron chi connectivity index (χ3n) is 3.69. The molecule has 0 spiro atoms. The van der Waals surface area contributed by atoms with Crippen LogP contribution in [0, 0.1) is 0 Å². The van der Waals surface area contributed by atoms with Crippen LogP contribution in [0.25, 0.3) is 10.9 Å². The smallest absolute Gasteiger partial charge is 0.0728 e. The minimum absolute atomic E-state index is 0.747. The van der Waals surface area contributed by atoms with Gasteiger partial charge in [-0.1, -0.05) is 31.5 Å². The standard InChI is InChI=1S/C17H23ClN2S/c1-3-20(4-2)11-5-6-12-21-17-9-10-19-16-13-14(18)7-8-15(16)17/h7-10,13H,3-6,11-12H2,1-2H3. The van der Waals surface area contributed by atoms with Crippen LogP contribution in [-0.2, 0) is 0 Å². The van der Waals surface area contributed by atoms with Crippen molar-refractivity contribution in [2.24, 2.45) is 0 Å². The van der Waals surface area contributed by atoms with E-state index in [1.54, 1.807) is 0 Å². The van der Waals surface area contributed by atoms with Crippen molar-refractivity contribution < 1.29 is 0 Å². The quantitative estimate of drug-likeness (QED) is 0.496. The van der Waals surface area contributed by atoms with Gasteiger partial charge in [0.2, 0.25) is 0 Å². The number of rotatable bonds is 8. The van der Waals surface area contributed by atoms with Gasteiger partial charge in [-0.05, 0) is 56.4 Å². The molecule has 0 aliphatic heterocycles. The second-order valence-electron chi connectivity index (χ2n) is 5.05. The summed E-state index contributed by atoms with van der Waals surface area (Å²) in [6.45, 7) is 7.97. The molecule has 0 saturated heterocycles. The molecule has 2 aromatic rings. The van der Waals surface area contributed by atoms with Gasteiger partial charge in [0.15, 0.2) is 0 Å². The zero-order valence-corrected chi connectivity index (χ0v) is 14.4. The summed E-state index contributed by atoms with van der Waals surface area (Å²) >= 11 is 7.94. The van der Waals surface area contributed by atoms with Crippen LogP contribution in [0.2, 0.25) is 5.02 Å². The predicted octanol–water partition coefficient (Wildman–Crippen LogP) is 5.10. The van der Waals surface area contributed by atoms with E-state index in [1.807, 2.05) is 30.1 Å². The highest BCUT2D eigenvalue weighted by Gasteiger charge is 2.04. The van der Waals surface area contributed by atoms with Gasteiger partial charge in [-0.25, -0.2) is 0 Å². The summed E-state index contributed by atoms with van der Waals surface area (Å²) in [5.74, 6) is 1.16. The van der Waals surface area contributed by atoms with Gasteiger partial charge in [0.1, 0.15) is 0 Å². The van der Waals surface area contributed by atoms with E-state index in [0.29, 0.717) is 0 Å². The molecule has 0 aliphatic rings. The molecule has 4 heteroatoms. The Kier molecular flexibility index (Phi) is 6.81.